The summed E-state index contributed by atoms with van der Waals surface area (Å²) < 4.78 is 0. The van der Waals surface area contributed by atoms with E-state index in [9.17, 15) is 9.59 Å². The maximum atomic E-state index is 11.0. The monoisotopic (exact) mass is 215 g/mol. The fourth-order valence-corrected chi connectivity index (χ4v) is 1.23. The molecule has 7 heteroatoms. The Hall–Kier alpha value is -1.63. The average Bonchev–Trinajstić information content (AvgIpc) is 2.56. The van der Waals surface area contributed by atoms with Crippen molar-refractivity contribution in [2.75, 3.05) is 11.9 Å². The van der Waals surface area contributed by atoms with Crippen molar-refractivity contribution in [2.45, 2.75) is 6.42 Å². The van der Waals surface area contributed by atoms with Crippen molar-refractivity contribution in [1.29, 1.82) is 0 Å². The molecule has 1 aromatic heterocycles. The number of hydrogen-bond acceptors (Lipinski definition) is 4. The van der Waals surface area contributed by atoms with Crippen LogP contribution in [0.4, 0.5) is 9.93 Å². The zero-order valence-corrected chi connectivity index (χ0v) is 8.00. The Morgan fingerprint density at radius 3 is 2.93 bits per heavy atom. The van der Waals surface area contributed by atoms with E-state index in [1.807, 2.05) is 0 Å². The Morgan fingerprint density at radius 2 is 2.36 bits per heavy atom. The van der Waals surface area contributed by atoms with Crippen molar-refractivity contribution in [3.63, 3.8) is 0 Å². The molecule has 0 radical (unpaired) electrons. The Morgan fingerprint density at radius 1 is 1.57 bits per heavy atom. The van der Waals surface area contributed by atoms with Gasteiger partial charge in [0.2, 0.25) is 0 Å². The second-order valence-electron chi connectivity index (χ2n) is 2.36. The molecule has 1 heterocycles. The van der Waals surface area contributed by atoms with Gasteiger partial charge in [0, 0.05) is 18.1 Å². The minimum Gasteiger partial charge on any atom is -0.481 e. The maximum Gasteiger partial charge on any atom is 0.321 e. The lowest BCUT2D eigenvalue weighted by Crippen LogP contribution is -2.30. The zero-order valence-electron chi connectivity index (χ0n) is 7.19. The number of urea groups is 1. The van der Waals surface area contributed by atoms with Crippen LogP contribution in [0, 0.1) is 0 Å². The number of nitrogens with zero attached hydrogens (tertiary/aromatic N) is 1. The molecule has 3 N–H and O–H groups in total. The number of carboxylic acid groups (broad SMARTS) is 1. The van der Waals surface area contributed by atoms with E-state index < -0.39 is 12.0 Å². The van der Waals surface area contributed by atoms with E-state index in [0.29, 0.717) is 5.13 Å². The third-order valence-corrected chi connectivity index (χ3v) is 1.97. The molecule has 14 heavy (non-hydrogen) atoms. The van der Waals surface area contributed by atoms with Gasteiger partial charge in [-0.15, -0.1) is 11.3 Å². The first-order valence-corrected chi connectivity index (χ1v) is 4.72. The smallest absolute Gasteiger partial charge is 0.321 e. The predicted molar refractivity (Wildman–Crippen MR) is 51.4 cm³/mol. The minimum atomic E-state index is -0.945. The molecule has 76 valence electrons. The first kappa shape index (κ1) is 10.5. The van der Waals surface area contributed by atoms with Gasteiger partial charge in [0.1, 0.15) is 0 Å². The lowest BCUT2D eigenvalue weighted by Gasteiger charge is -2.02. The molecule has 0 aliphatic heterocycles. The molecule has 0 spiro atoms. The number of carbonyl (C=O) groups is 2. The van der Waals surface area contributed by atoms with Crippen molar-refractivity contribution in [1.82, 2.24) is 10.3 Å². The molecule has 2 amide bonds. The SMILES string of the molecule is O=C(O)CCNC(=O)Nc1nccs1. The van der Waals surface area contributed by atoms with Crippen molar-refractivity contribution in [2.24, 2.45) is 0 Å². The van der Waals surface area contributed by atoms with Gasteiger partial charge in [-0.25, -0.2) is 9.78 Å². The van der Waals surface area contributed by atoms with Crippen molar-refractivity contribution < 1.29 is 14.7 Å². The molecular formula is C7H9N3O3S. The largest absolute Gasteiger partial charge is 0.481 e. The lowest BCUT2D eigenvalue weighted by molar-refractivity contribution is -0.136. The van der Waals surface area contributed by atoms with Crippen LogP contribution in [-0.4, -0.2) is 28.6 Å². The van der Waals surface area contributed by atoms with Crippen molar-refractivity contribution in [3.05, 3.63) is 11.6 Å². The second kappa shape index (κ2) is 5.18. The van der Waals surface area contributed by atoms with E-state index in [1.54, 1.807) is 11.6 Å². The van der Waals surface area contributed by atoms with Crippen LogP contribution in [-0.2, 0) is 4.79 Å². The quantitative estimate of drug-likeness (QED) is 0.690. The summed E-state index contributed by atoms with van der Waals surface area (Å²) in [5.41, 5.74) is 0. The number of aliphatic carboxylic acids is 1. The number of amides is 2. The zero-order chi connectivity index (χ0) is 10.4. The number of nitrogens with one attached hydrogen (secondary N) is 2. The highest BCUT2D eigenvalue weighted by atomic mass is 32.1. The van der Waals surface area contributed by atoms with Gasteiger partial charge in [0.05, 0.1) is 6.42 Å². The van der Waals surface area contributed by atoms with Gasteiger partial charge >= 0.3 is 12.0 Å². The number of carbonyl (C=O) groups excluding carboxylic acids is 1. The van der Waals surface area contributed by atoms with Crippen LogP contribution in [0.25, 0.3) is 0 Å². The van der Waals surface area contributed by atoms with E-state index in [2.05, 4.69) is 15.6 Å². The number of carboxylic acids is 1. The molecule has 0 saturated carbocycles. The van der Waals surface area contributed by atoms with Crippen molar-refractivity contribution in [3.8, 4) is 0 Å². The third kappa shape index (κ3) is 3.85. The summed E-state index contributed by atoms with van der Waals surface area (Å²) in [6.07, 6.45) is 1.48. The Balaban J connectivity index is 2.20. The second-order valence-corrected chi connectivity index (χ2v) is 3.26. The van der Waals surface area contributed by atoms with Gasteiger partial charge in [-0.05, 0) is 0 Å². The van der Waals surface area contributed by atoms with Crippen LogP contribution in [0.3, 0.4) is 0 Å². The van der Waals surface area contributed by atoms with E-state index in [4.69, 9.17) is 5.11 Å². The van der Waals surface area contributed by atoms with Crippen LogP contribution in [0.1, 0.15) is 6.42 Å². The molecule has 6 nitrogen and oxygen atoms in total. The number of aromatic nitrogens is 1. The average molecular weight is 215 g/mol. The number of anilines is 1. The summed E-state index contributed by atoms with van der Waals surface area (Å²) in [5.74, 6) is -0.945. The summed E-state index contributed by atoms with van der Waals surface area (Å²) in [6, 6.07) is -0.443. The number of hydrogen-bond donors (Lipinski definition) is 3. The van der Waals surface area contributed by atoms with Gasteiger partial charge in [0.25, 0.3) is 0 Å². The summed E-state index contributed by atoms with van der Waals surface area (Å²) in [7, 11) is 0. The van der Waals surface area contributed by atoms with Crippen molar-refractivity contribution >= 4 is 28.5 Å². The highest BCUT2D eigenvalue weighted by Crippen LogP contribution is 2.09. The van der Waals surface area contributed by atoms with Crippen LogP contribution in [0.15, 0.2) is 11.6 Å². The van der Waals surface area contributed by atoms with Gasteiger partial charge < -0.3 is 10.4 Å². The Bertz CT molecular complexity index is 312. The molecule has 0 aromatic carbocycles. The van der Waals surface area contributed by atoms with Gasteiger partial charge in [-0.1, -0.05) is 0 Å². The minimum absolute atomic E-state index is 0.0920. The molecule has 0 atom stereocenters. The highest BCUT2D eigenvalue weighted by molar-refractivity contribution is 7.13. The molecular weight excluding hydrogens is 206 g/mol. The third-order valence-electron chi connectivity index (χ3n) is 1.28. The fraction of sp³-hybridized carbons (Fsp3) is 0.286. The molecule has 0 saturated heterocycles. The molecule has 0 bridgehead atoms. The van der Waals surface area contributed by atoms with Crippen LogP contribution >= 0.6 is 11.3 Å². The summed E-state index contributed by atoms with van der Waals surface area (Å²) >= 11 is 1.29. The van der Waals surface area contributed by atoms with E-state index >= 15 is 0 Å². The fourth-order valence-electron chi connectivity index (χ4n) is 0.709. The topological polar surface area (TPSA) is 91.3 Å². The molecule has 0 aliphatic carbocycles. The van der Waals surface area contributed by atoms with Gasteiger partial charge in [0.15, 0.2) is 5.13 Å². The molecule has 0 unspecified atom stereocenters. The summed E-state index contributed by atoms with van der Waals surface area (Å²) in [5, 5.41) is 15.4. The Kier molecular flexibility index (Phi) is 3.86. The first-order valence-electron chi connectivity index (χ1n) is 3.84. The summed E-state index contributed by atoms with van der Waals surface area (Å²) in [4.78, 5) is 25.0. The maximum absolute atomic E-state index is 11.0. The van der Waals surface area contributed by atoms with E-state index in [0.717, 1.165) is 0 Å². The highest BCUT2D eigenvalue weighted by Gasteiger charge is 2.03. The number of thiazole rings is 1. The predicted octanol–water partition coefficient (Wildman–Crippen LogP) is 0.739. The molecule has 1 aromatic rings. The van der Waals surface area contributed by atoms with Crippen LogP contribution in [0.2, 0.25) is 0 Å². The molecule has 0 aliphatic rings. The van der Waals surface area contributed by atoms with Crippen LogP contribution in [0.5, 0.6) is 0 Å². The van der Waals surface area contributed by atoms with E-state index in [1.165, 1.54) is 11.3 Å². The molecule has 1 rings (SSSR count). The van der Waals surface area contributed by atoms with Crippen LogP contribution < -0.4 is 10.6 Å². The molecule has 0 fully saturated rings. The first-order chi connectivity index (χ1) is 6.68. The summed E-state index contributed by atoms with van der Waals surface area (Å²) in [6.45, 7) is 0.104. The van der Waals surface area contributed by atoms with Gasteiger partial charge in [-0.2, -0.15) is 0 Å². The lowest BCUT2D eigenvalue weighted by atomic mass is 10.4. The standard InChI is InChI=1S/C7H9N3O3S/c11-5(12)1-2-8-6(13)10-7-9-3-4-14-7/h3-4H,1-2H2,(H,11,12)(H2,8,9,10,13). The normalized spacial score (nSPS) is 9.43. The van der Waals surface area contributed by atoms with E-state index in [-0.39, 0.29) is 13.0 Å². The number of rotatable bonds is 4. The Labute approximate surface area is 84.0 Å². The van der Waals surface area contributed by atoms with Gasteiger partial charge in [-0.3, -0.25) is 10.1 Å².